The van der Waals surface area contributed by atoms with E-state index < -0.39 is 0 Å². The Balaban J connectivity index is 0.00000169. The monoisotopic (exact) mass is 391 g/mol. The molecule has 0 saturated carbocycles. The molecule has 1 atom stereocenters. The minimum Gasteiger partial charge on any atom is -0.330 e. The summed E-state index contributed by atoms with van der Waals surface area (Å²) >= 11 is 0. The van der Waals surface area contributed by atoms with Gasteiger partial charge >= 0.3 is 0 Å². The smallest absolute Gasteiger partial charge is 0.222 e. The Kier molecular flexibility index (Phi) is 4.79. The third-order valence-electron chi connectivity index (χ3n) is 4.46. The second-order valence-corrected chi connectivity index (χ2v) is 5.84. The summed E-state index contributed by atoms with van der Waals surface area (Å²) in [5, 5.41) is 2.17. The molecule has 0 N–H and O–H groups in total. The first kappa shape index (κ1) is 17.2. The minimum atomic E-state index is 0. The molecule has 0 unspecified atom stereocenters. The largest absolute Gasteiger partial charge is 0.330 e. The molecule has 2 heterocycles. The summed E-state index contributed by atoms with van der Waals surface area (Å²) in [5.41, 5.74) is 4.47. The van der Waals surface area contributed by atoms with Crippen molar-refractivity contribution in [3.05, 3.63) is 66.5 Å². The van der Waals surface area contributed by atoms with E-state index in [0.717, 1.165) is 22.8 Å². The van der Waals surface area contributed by atoms with Crippen LogP contribution in [0.25, 0.3) is 11.1 Å². The van der Waals surface area contributed by atoms with Crippen LogP contribution in [-0.4, -0.2) is 22.9 Å². The summed E-state index contributed by atoms with van der Waals surface area (Å²) in [4.78, 5) is 6.74. The summed E-state index contributed by atoms with van der Waals surface area (Å²) in [6.45, 7) is 4.31. The number of nitrogens with zero attached hydrogens (tertiary/aromatic N) is 4. The number of aromatic nitrogens is 2. The molecule has 4 nitrogen and oxygen atoms in total. The van der Waals surface area contributed by atoms with Gasteiger partial charge in [0.05, 0.1) is 0 Å². The van der Waals surface area contributed by atoms with Crippen LogP contribution >= 0.6 is 0 Å². The van der Waals surface area contributed by atoms with Gasteiger partial charge in [-0.15, -0.1) is 17.7 Å². The summed E-state index contributed by atoms with van der Waals surface area (Å²) in [6, 6.07) is 18.9. The molecule has 0 saturated heterocycles. The number of imidazole rings is 1. The van der Waals surface area contributed by atoms with Gasteiger partial charge in [-0.05, 0) is 12.6 Å². The van der Waals surface area contributed by atoms with Gasteiger partial charge in [0.2, 0.25) is 5.95 Å². The summed E-state index contributed by atoms with van der Waals surface area (Å²) in [6.07, 6.45) is 4.02. The molecule has 119 valence electrons. The zero-order valence-corrected chi connectivity index (χ0v) is 16.9. The number of fused-ring (bicyclic) bond motifs is 1. The molecule has 24 heavy (non-hydrogen) atoms. The average Bonchev–Trinajstić information content (AvgIpc) is 3.13. The molecule has 3 aromatic rings. The molecule has 4 rings (SSSR count). The Hall–Kier alpha value is -1.65. The van der Waals surface area contributed by atoms with Crippen LogP contribution in [0.4, 0.5) is 11.6 Å². The van der Waals surface area contributed by atoms with Crippen LogP contribution in [0.5, 0.6) is 0 Å². The van der Waals surface area contributed by atoms with Gasteiger partial charge in [0, 0.05) is 52.2 Å². The summed E-state index contributed by atoms with van der Waals surface area (Å²) < 4.78 is 2.07. The van der Waals surface area contributed by atoms with Crippen molar-refractivity contribution in [1.82, 2.24) is 9.66 Å². The fourth-order valence-electron chi connectivity index (χ4n) is 3.10. The van der Waals surface area contributed by atoms with Crippen molar-refractivity contribution in [3.8, 4) is 11.1 Å². The standard InChI is InChI=1S/C19H18N4.Y/c1-14-13-17(16-7-5-4-6-8-16)9-10-18(14)23-15(2)21(3)22-12-11-20-19(22)23;/h4-7,10-13,15H,1-3H3;/q-2;/t15-;/m0./s1. The molecule has 1 aliphatic heterocycles. The van der Waals surface area contributed by atoms with Crippen LogP contribution in [-0.2, 0) is 32.7 Å². The fraction of sp³-hybridized carbons (Fsp3) is 0.211. The van der Waals surface area contributed by atoms with Crippen LogP contribution < -0.4 is 9.91 Å². The maximum absolute atomic E-state index is 4.50. The van der Waals surface area contributed by atoms with Gasteiger partial charge in [-0.2, -0.15) is 36.4 Å². The van der Waals surface area contributed by atoms with E-state index in [2.05, 4.69) is 70.8 Å². The predicted octanol–water partition coefficient (Wildman–Crippen LogP) is 3.52. The van der Waals surface area contributed by atoms with E-state index in [1.54, 1.807) is 0 Å². The Labute approximate surface area is 168 Å². The predicted molar refractivity (Wildman–Crippen MR) is 92.3 cm³/mol. The Morgan fingerprint density at radius 1 is 1.17 bits per heavy atom. The molecular weight excluding hydrogens is 373 g/mol. The van der Waals surface area contributed by atoms with E-state index in [4.69, 9.17) is 0 Å². The minimum absolute atomic E-state index is 0. The van der Waals surface area contributed by atoms with E-state index in [-0.39, 0.29) is 38.9 Å². The zero-order valence-electron chi connectivity index (χ0n) is 14.1. The Morgan fingerprint density at radius 2 is 2.00 bits per heavy atom. The number of benzene rings is 2. The van der Waals surface area contributed by atoms with E-state index in [1.807, 2.05) is 30.6 Å². The zero-order chi connectivity index (χ0) is 16.0. The number of anilines is 2. The number of hydrogen-bond donors (Lipinski definition) is 0. The normalized spacial score (nSPS) is 16.0. The third-order valence-corrected chi connectivity index (χ3v) is 4.46. The fourth-order valence-corrected chi connectivity index (χ4v) is 3.10. The molecule has 1 aromatic heterocycles. The van der Waals surface area contributed by atoms with Crippen LogP contribution in [0.1, 0.15) is 12.5 Å². The maximum Gasteiger partial charge on any atom is 0.222 e. The molecule has 0 fully saturated rings. The summed E-state index contributed by atoms with van der Waals surface area (Å²) in [7, 11) is 2.07. The maximum atomic E-state index is 4.50. The third kappa shape index (κ3) is 2.68. The molecule has 0 bridgehead atoms. The molecular formula is C19H18N4Y-2. The van der Waals surface area contributed by atoms with Crippen molar-refractivity contribution in [2.45, 2.75) is 20.0 Å². The van der Waals surface area contributed by atoms with E-state index in [1.165, 1.54) is 5.56 Å². The molecule has 0 spiro atoms. The van der Waals surface area contributed by atoms with Crippen LogP contribution in [0.2, 0.25) is 0 Å². The molecule has 1 aliphatic rings. The van der Waals surface area contributed by atoms with Crippen molar-refractivity contribution in [3.63, 3.8) is 0 Å². The van der Waals surface area contributed by atoms with E-state index >= 15 is 0 Å². The van der Waals surface area contributed by atoms with E-state index in [0.29, 0.717) is 0 Å². The first-order chi connectivity index (χ1) is 11.2. The Morgan fingerprint density at radius 3 is 2.71 bits per heavy atom. The van der Waals surface area contributed by atoms with Crippen LogP contribution in [0.15, 0.2) is 48.8 Å². The van der Waals surface area contributed by atoms with Crippen LogP contribution in [0, 0.1) is 19.1 Å². The SMILES string of the molecule is Cc1cc(-c2[c-]cccc2)[c-]cc1N1c2nccn2N(C)[C@@H]1C.[Y]. The number of aryl methyl sites for hydroxylation is 1. The summed E-state index contributed by atoms with van der Waals surface area (Å²) in [5.74, 6) is 0.940. The molecule has 0 amide bonds. The molecule has 5 heteroatoms. The van der Waals surface area contributed by atoms with Gasteiger partial charge in [0.15, 0.2) is 0 Å². The molecule has 0 aliphatic carbocycles. The molecule has 2 aromatic carbocycles. The van der Waals surface area contributed by atoms with Gasteiger partial charge < -0.3 is 4.90 Å². The van der Waals surface area contributed by atoms with E-state index in [9.17, 15) is 0 Å². The molecule has 1 radical (unpaired) electrons. The van der Waals surface area contributed by atoms with Crippen LogP contribution in [0.3, 0.4) is 0 Å². The van der Waals surface area contributed by atoms with Crippen molar-refractivity contribution < 1.29 is 32.7 Å². The number of hydrogen-bond acceptors (Lipinski definition) is 3. The Bertz CT molecular complexity index is 844. The second kappa shape index (κ2) is 6.69. The van der Waals surface area contributed by atoms with Crippen molar-refractivity contribution in [2.75, 3.05) is 17.0 Å². The quantitative estimate of drug-likeness (QED) is 0.625. The van der Waals surface area contributed by atoms with Gasteiger partial charge in [0.1, 0.15) is 6.17 Å². The van der Waals surface area contributed by atoms with Gasteiger partial charge in [-0.3, -0.25) is 5.01 Å². The second-order valence-electron chi connectivity index (χ2n) is 5.84. The van der Waals surface area contributed by atoms with Crippen molar-refractivity contribution in [1.29, 1.82) is 0 Å². The van der Waals surface area contributed by atoms with Gasteiger partial charge in [-0.25, -0.2) is 20.8 Å². The van der Waals surface area contributed by atoms with Crippen molar-refractivity contribution >= 4 is 11.6 Å². The average molecular weight is 391 g/mol. The van der Waals surface area contributed by atoms with Gasteiger partial charge in [-0.1, -0.05) is 6.92 Å². The first-order valence-electron chi connectivity index (χ1n) is 7.72. The topological polar surface area (TPSA) is 24.3 Å². The van der Waals surface area contributed by atoms with Gasteiger partial charge in [0.25, 0.3) is 0 Å². The number of rotatable bonds is 2. The first-order valence-corrected chi connectivity index (χ1v) is 7.72. The van der Waals surface area contributed by atoms with Crippen molar-refractivity contribution in [2.24, 2.45) is 0 Å².